The van der Waals surface area contributed by atoms with Crippen LogP contribution < -0.4 is 5.32 Å². The van der Waals surface area contributed by atoms with Crippen molar-refractivity contribution in [2.75, 3.05) is 13.6 Å². The predicted octanol–water partition coefficient (Wildman–Crippen LogP) is 3.91. The van der Waals surface area contributed by atoms with Crippen LogP contribution in [0.4, 0.5) is 0 Å². The molecular formula is C16H28N2S. The smallest absolute Gasteiger partial charge is 0.0444 e. The van der Waals surface area contributed by atoms with Gasteiger partial charge in [-0.15, -0.1) is 11.3 Å². The van der Waals surface area contributed by atoms with E-state index in [1.807, 2.05) is 11.3 Å². The molecular weight excluding hydrogens is 252 g/mol. The van der Waals surface area contributed by atoms with Crippen LogP contribution in [-0.4, -0.2) is 30.6 Å². The van der Waals surface area contributed by atoms with Crippen molar-refractivity contribution in [1.82, 2.24) is 10.2 Å². The van der Waals surface area contributed by atoms with Crippen molar-refractivity contribution in [1.29, 1.82) is 0 Å². The monoisotopic (exact) mass is 280 g/mol. The standard InChI is InChI=1S/C16H28N2S/c1-5-7-15(16-8-6-11-19-16)18-10-9-14(17-4)12(2)13(18)3/h6,8,11-15,17H,5,7,9-10H2,1-4H3. The van der Waals surface area contributed by atoms with Crippen molar-refractivity contribution < 1.29 is 0 Å². The molecule has 1 aromatic heterocycles. The lowest BCUT2D eigenvalue weighted by Crippen LogP contribution is -2.53. The topological polar surface area (TPSA) is 15.3 Å². The Bertz CT molecular complexity index is 363. The highest BCUT2D eigenvalue weighted by atomic mass is 32.1. The zero-order chi connectivity index (χ0) is 13.8. The second-order valence-electron chi connectivity index (χ2n) is 5.84. The molecule has 1 fully saturated rings. The normalized spacial score (nSPS) is 30.4. The second-order valence-corrected chi connectivity index (χ2v) is 6.82. The van der Waals surface area contributed by atoms with E-state index < -0.39 is 0 Å². The zero-order valence-corrected chi connectivity index (χ0v) is 13.5. The molecule has 1 aromatic rings. The van der Waals surface area contributed by atoms with Crippen LogP contribution in [0.1, 0.15) is 51.0 Å². The second kappa shape index (κ2) is 6.87. The van der Waals surface area contributed by atoms with Gasteiger partial charge in [-0.25, -0.2) is 0 Å². The van der Waals surface area contributed by atoms with E-state index in [0.717, 1.165) is 5.92 Å². The van der Waals surface area contributed by atoms with Crippen LogP contribution in [0.2, 0.25) is 0 Å². The van der Waals surface area contributed by atoms with Crippen LogP contribution in [0, 0.1) is 5.92 Å². The molecule has 3 heteroatoms. The maximum Gasteiger partial charge on any atom is 0.0444 e. The minimum absolute atomic E-state index is 0.625. The lowest BCUT2D eigenvalue weighted by molar-refractivity contribution is 0.0454. The van der Waals surface area contributed by atoms with E-state index in [9.17, 15) is 0 Å². The summed E-state index contributed by atoms with van der Waals surface area (Å²) in [6.07, 6.45) is 3.81. The Morgan fingerprint density at radius 2 is 2.26 bits per heavy atom. The Morgan fingerprint density at radius 1 is 1.47 bits per heavy atom. The van der Waals surface area contributed by atoms with Gasteiger partial charge in [0.25, 0.3) is 0 Å². The van der Waals surface area contributed by atoms with E-state index in [1.165, 1.54) is 25.8 Å². The third kappa shape index (κ3) is 3.21. The van der Waals surface area contributed by atoms with Gasteiger partial charge in [0.05, 0.1) is 0 Å². The molecule has 1 aliphatic rings. The average Bonchev–Trinajstić information content (AvgIpc) is 2.93. The van der Waals surface area contributed by atoms with Gasteiger partial charge in [0.1, 0.15) is 0 Å². The van der Waals surface area contributed by atoms with Gasteiger partial charge in [0.2, 0.25) is 0 Å². The Hall–Kier alpha value is -0.380. The molecule has 4 unspecified atom stereocenters. The number of thiophene rings is 1. The van der Waals surface area contributed by atoms with Gasteiger partial charge in [-0.2, -0.15) is 0 Å². The average molecular weight is 280 g/mol. The summed E-state index contributed by atoms with van der Waals surface area (Å²) in [6.45, 7) is 8.33. The number of hydrogen-bond acceptors (Lipinski definition) is 3. The van der Waals surface area contributed by atoms with Crippen molar-refractivity contribution in [3.8, 4) is 0 Å². The third-order valence-corrected chi connectivity index (χ3v) is 5.80. The number of rotatable bonds is 5. The molecule has 2 nitrogen and oxygen atoms in total. The number of nitrogens with one attached hydrogen (secondary N) is 1. The van der Waals surface area contributed by atoms with Crippen LogP contribution in [0.5, 0.6) is 0 Å². The predicted molar refractivity (Wildman–Crippen MR) is 84.8 cm³/mol. The van der Waals surface area contributed by atoms with Gasteiger partial charge >= 0.3 is 0 Å². The zero-order valence-electron chi connectivity index (χ0n) is 12.7. The first-order valence-corrected chi connectivity index (χ1v) is 8.53. The quantitative estimate of drug-likeness (QED) is 0.880. The molecule has 4 atom stereocenters. The van der Waals surface area contributed by atoms with E-state index in [4.69, 9.17) is 0 Å². The molecule has 0 aliphatic carbocycles. The molecule has 19 heavy (non-hydrogen) atoms. The molecule has 0 radical (unpaired) electrons. The maximum atomic E-state index is 3.49. The van der Waals surface area contributed by atoms with Crippen molar-refractivity contribution in [3.05, 3.63) is 22.4 Å². The molecule has 0 saturated carbocycles. The van der Waals surface area contributed by atoms with E-state index in [1.54, 1.807) is 4.88 Å². The van der Waals surface area contributed by atoms with Crippen LogP contribution in [-0.2, 0) is 0 Å². The third-order valence-electron chi connectivity index (χ3n) is 4.82. The summed E-state index contributed by atoms with van der Waals surface area (Å²) in [4.78, 5) is 4.29. The van der Waals surface area contributed by atoms with Gasteiger partial charge < -0.3 is 5.32 Å². The number of piperidine rings is 1. The Morgan fingerprint density at radius 3 is 2.84 bits per heavy atom. The van der Waals surface area contributed by atoms with Crippen molar-refractivity contribution >= 4 is 11.3 Å². The Balaban J connectivity index is 2.14. The van der Waals surface area contributed by atoms with E-state index in [0.29, 0.717) is 18.1 Å². The van der Waals surface area contributed by atoms with Gasteiger partial charge in [0.15, 0.2) is 0 Å². The summed E-state index contributed by atoms with van der Waals surface area (Å²) in [6, 6.07) is 6.46. The molecule has 0 bridgehead atoms. The van der Waals surface area contributed by atoms with Crippen LogP contribution >= 0.6 is 11.3 Å². The minimum atomic E-state index is 0.625. The molecule has 2 heterocycles. The molecule has 108 valence electrons. The fourth-order valence-electron chi connectivity index (χ4n) is 3.47. The van der Waals surface area contributed by atoms with Crippen molar-refractivity contribution in [2.24, 2.45) is 5.92 Å². The lowest BCUT2D eigenvalue weighted by Gasteiger charge is -2.46. The fourth-order valence-corrected chi connectivity index (χ4v) is 4.35. The van der Waals surface area contributed by atoms with Crippen LogP contribution in [0.3, 0.4) is 0 Å². The van der Waals surface area contributed by atoms with Gasteiger partial charge in [0, 0.05) is 29.5 Å². The largest absolute Gasteiger partial charge is 0.317 e. The Kier molecular flexibility index (Phi) is 5.43. The highest BCUT2D eigenvalue weighted by molar-refractivity contribution is 7.10. The highest BCUT2D eigenvalue weighted by Crippen LogP contribution is 2.36. The van der Waals surface area contributed by atoms with E-state index in [2.05, 4.69) is 55.5 Å². The minimum Gasteiger partial charge on any atom is -0.317 e. The summed E-state index contributed by atoms with van der Waals surface area (Å²) in [5.41, 5.74) is 0. The van der Waals surface area contributed by atoms with Crippen LogP contribution in [0.25, 0.3) is 0 Å². The molecule has 1 aliphatic heterocycles. The van der Waals surface area contributed by atoms with Crippen LogP contribution in [0.15, 0.2) is 17.5 Å². The number of likely N-dealkylation sites (tertiary alicyclic amines) is 1. The molecule has 0 aromatic carbocycles. The SMILES string of the molecule is CCCC(c1cccs1)N1CCC(NC)C(C)C1C. The van der Waals surface area contributed by atoms with Crippen molar-refractivity contribution in [2.45, 2.75) is 58.2 Å². The molecule has 1 saturated heterocycles. The molecule has 2 rings (SSSR count). The molecule has 0 amide bonds. The van der Waals surface area contributed by atoms with Gasteiger partial charge in [-0.3, -0.25) is 4.90 Å². The fraction of sp³-hybridized carbons (Fsp3) is 0.750. The summed E-state index contributed by atoms with van der Waals surface area (Å²) >= 11 is 1.92. The highest BCUT2D eigenvalue weighted by Gasteiger charge is 2.35. The maximum absolute atomic E-state index is 3.49. The first-order chi connectivity index (χ1) is 9.19. The summed E-state index contributed by atoms with van der Waals surface area (Å²) in [5, 5.41) is 5.70. The summed E-state index contributed by atoms with van der Waals surface area (Å²) in [7, 11) is 2.10. The van der Waals surface area contributed by atoms with E-state index >= 15 is 0 Å². The Labute approximate surface area is 122 Å². The number of hydrogen-bond donors (Lipinski definition) is 1. The van der Waals surface area contributed by atoms with Gasteiger partial charge in [-0.05, 0) is 44.2 Å². The lowest BCUT2D eigenvalue weighted by atomic mass is 9.85. The summed E-state index contributed by atoms with van der Waals surface area (Å²) < 4.78 is 0. The van der Waals surface area contributed by atoms with Gasteiger partial charge in [-0.1, -0.05) is 26.3 Å². The summed E-state index contributed by atoms with van der Waals surface area (Å²) in [5.74, 6) is 0.720. The van der Waals surface area contributed by atoms with E-state index in [-0.39, 0.29) is 0 Å². The molecule has 0 spiro atoms. The van der Waals surface area contributed by atoms with Crippen molar-refractivity contribution in [3.63, 3.8) is 0 Å². The first kappa shape index (κ1) is 15.0. The number of nitrogens with zero attached hydrogens (tertiary/aromatic N) is 1. The molecule has 1 N–H and O–H groups in total. The first-order valence-electron chi connectivity index (χ1n) is 7.65.